The SMILES string of the molecule is CCOc1ccc(-c2c(N)n[nH]c2CC)cc1. The molecule has 0 amide bonds. The Balaban J connectivity index is 2.36. The van der Waals surface area contributed by atoms with Gasteiger partial charge in [0.05, 0.1) is 6.61 Å². The van der Waals surface area contributed by atoms with Gasteiger partial charge in [0.2, 0.25) is 0 Å². The van der Waals surface area contributed by atoms with E-state index in [1.54, 1.807) is 0 Å². The van der Waals surface area contributed by atoms with Crippen LogP contribution in [0.3, 0.4) is 0 Å². The predicted octanol–water partition coefficient (Wildman–Crippen LogP) is 2.62. The number of benzene rings is 1. The molecule has 0 bridgehead atoms. The second-order valence-corrected chi connectivity index (χ2v) is 3.77. The van der Waals surface area contributed by atoms with Crippen LogP contribution in [0.1, 0.15) is 19.5 Å². The number of ether oxygens (including phenoxy) is 1. The number of H-pyrrole nitrogens is 1. The highest BCUT2D eigenvalue weighted by atomic mass is 16.5. The van der Waals surface area contributed by atoms with Crippen molar-refractivity contribution >= 4 is 5.82 Å². The quantitative estimate of drug-likeness (QED) is 0.850. The summed E-state index contributed by atoms with van der Waals surface area (Å²) in [6.45, 7) is 4.72. The first-order chi connectivity index (χ1) is 8.26. The third-order valence-electron chi connectivity index (χ3n) is 2.68. The van der Waals surface area contributed by atoms with Gasteiger partial charge >= 0.3 is 0 Å². The summed E-state index contributed by atoms with van der Waals surface area (Å²) in [6, 6.07) is 7.91. The summed E-state index contributed by atoms with van der Waals surface area (Å²) in [5.74, 6) is 1.42. The third kappa shape index (κ3) is 2.25. The van der Waals surface area contributed by atoms with Crippen LogP contribution in [0.25, 0.3) is 11.1 Å². The van der Waals surface area contributed by atoms with Crippen molar-refractivity contribution in [2.24, 2.45) is 0 Å². The molecule has 0 unspecified atom stereocenters. The Morgan fingerprint density at radius 3 is 2.53 bits per heavy atom. The Bertz CT molecular complexity index is 488. The number of anilines is 1. The van der Waals surface area contributed by atoms with Gasteiger partial charge in [-0.1, -0.05) is 19.1 Å². The Morgan fingerprint density at radius 1 is 1.24 bits per heavy atom. The summed E-state index contributed by atoms with van der Waals surface area (Å²) in [4.78, 5) is 0. The van der Waals surface area contributed by atoms with Crippen LogP contribution in [-0.4, -0.2) is 16.8 Å². The van der Waals surface area contributed by atoms with Gasteiger partial charge in [-0.05, 0) is 31.0 Å². The molecule has 90 valence electrons. The lowest BCUT2D eigenvalue weighted by molar-refractivity contribution is 0.340. The zero-order valence-electron chi connectivity index (χ0n) is 10.2. The Labute approximate surface area is 101 Å². The number of nitrogens with two attached hydrogens (primary N) is 1. The number of nitrogens with one attached hydrogen (secondary N) is 1. The lowest BCUT2D eigenvalue weighted by atomic mass is 10.0. The summed E-state index contributed by atoms with van der Waals surface area (Å²) in [6.07, 6.45) is 0.882. The van der Waals surface area contributed by atoms with Gasteiger partial charge < -0.3 is 10.5 Å². The molecule has 1 aromatic heterocycles. The molecular formula is C13H17N3O. The number of nitrogen functional groups attached to an aromatic ring is 1. The van der Waals surface area contributed by atoms with Gasteiger partial charge in [0.1, 0.15) is 5.75 Å². The van der Waals surface area contributed by atoms with Crippen molar-refractivity contribution < 1.29 is 4.74 Å². The van der Waals surface area contributed by atoms with Crippen LogP contribution in [0, 0.1) is 0 Å². The van der Waals surface area contributed by atoms with Gasteiger partial charge in [-0.3, -0.25) is 5.10 Å². The van der Waals surface area contributed by atoms with Crippen LogP contribution in [0.5, 0.6) is 5.75 Å². The molecular weight excluding hydrogens is 214 g/mol. The molecule has 4 heteroatoms. The van der Waals surface area contributed by atoms with Gasteiger partial charge in [0.25, 0.3) is 0 Å². The van der Waals surface area contributed by atoms with Gasteiger partial charge in [0.15, 0.2) is 5.82 Å². The van der Waals surface area contributed by atoms with Crippen molar-refractivity contribution in [2.75, 3.05) is 12.3 Å². The van der Waals surface area contributed by atoms with Gasteiger partial charge in [-0.15, -0.1) is 0 Å². The Hall–Kier alpha value is -1.97. The van der Waals surface area contributed by atoms with E-state index in [4.69, 9.17) is 10.5 Å². The normalized spacial score (nSPS) is 10.5. The van der Waals surface area contributed by atoms with Crippen molar-refractivity contribution in [3.8, 4) is 16.9 Å². The van der Waals surface area contributed by atoms with Crippen LogP contribution in [0.4, 0.5) is 5.82 Å². The van der Waals surface area contributed by atoms with Crippen molar-refractivity contribution in [2.45, 2.75) is 20.3 Å². The summed E-state index contributed by atoms with van der Waals surface area (Å²) in [5, 5.41) is 7.00. The van der Waals surface area contributed by atoms with Gasteiger partial charge in [0, 0.05) is 11.3 Å². The van der Waals surface area contributed by atoms with E-state index in [1.807, 2.05) is 31.2 Å². The second-order valence-electron chi connectivity index (χ2n) is 3.77. The molecule has 0 saturated carbocycles. The van der Waals surface area contributed by atoms with Crippen LogP contribution in [-0.2, 0) is 6.42 Å². The van der Waals surface area contributed by atoms with Gasteiger partial charge in [-0.25, -0.2) is 0 Å². The first kappa shape index (κ1) is 11.5. The van der Waals surface area contributed by atoms with Crippen LogP contribution in [0.2, 0.25) is 0 Å². The molecule has 1 aromatic carbocycles. The first-order valence-electron chi connectivity index (χ1n) is 5.82. The van der Waals surface area contributed by atoms with Crippen molar-refractivity contribution in [3.63, 3.8) is 0 Å². The second kappa shape index (κ2) is 4.91. The number of aryl methyl sites for hydroxylation is 1. The van der Waals surface area contributed by atoms with E-state index in [0.717, 1.165) is 29.0 Å². The molecule has 0 radical (unpaired) electrons. The number of aromatic nitrogens is 2. The molecule has 0 spiro atoms. The highest BCUT2D eigenvalue weighted by Crippen LogP contribution is 2.29. The molecule has 0 atom stereocenters. The average molecular weight is 231 g/mol. The highest BCUT2D eigenvalue weighted by molar-refractivity contribution is 5.76. The van der Waals surface area contributed by atoms with Crippen LogP contribution < -0.4 is 10.5 Å². The van der Waals surface area contributed by atoms with E-state index in [2.05, 4.69) is 17.1 Å². The highest BCUT2D eigenvalue weighted by Gasteiger charge is 2.11. The maximum Gasteiger partial charge on any atom is 0.153 e. The largest absolute Gasteiger partial charge is 0.494 e. The number of hydrogen-bond donors (Lipinski definition) is 2. The van der Waals surface area contributed by atoms with E-state index in [0.29, 0.717) is 12.4 Å². The van der Waals surface area contributed by atoms with E-state index < -0.39 is 0 Å². The standard InChI is InChI=1S/C13H17N3O/c1-3-11-12(13(14)16-15-11)9-5-7-10(8-6-9)17-4-2/h5-8H,3-4H2,1-2H3,(H3,14,15,16). The van der Waals surface area contributed by atoms with E-state index in [-0.39, 0.29) is 0 Å². The third-order valence-corrected chi connectivity index (χ3v) is 2.68. The van der Waals surface area contributed by atoms with E-state index in [1.165, 1.54) is 0 Å². The van der Waals surface area contributed by atoms with Gasteiger partial charge in [-0.2, -0.15) is 5.10 Å². The molecule has 4 nitrogen and oxygen atoms in total. The lowest BCUT2D eigenvalue weighted by Gasteiger charge is -2.05. The minimum atomic E-state index is 0.547. The van der Waals surface area contributed by atoms with Crippen molar-refractivity contribution in [3.05, 3.63) is 30.0 Å². The molecule has 17 heavy (non-hydrogen) atoms. The monoisotopic (exact) mass is 231 g/mol. The average Bonchev–Trinajstić information content (AvgIpc) is 2.72. The first-order valence-corrected chi connectivity index (χ1v) is 5.82. The molecule has 1 heterocycles. The number of aromatic amines is 1. The fraction of sp³-hybridized carbons (Fsp3) is 0.308. The summed E-state index contributed by atoms with van der Waals surface area (Å²) in [5.41, 5.74) is 9.00. The van der Waals surface area contributed by atoms with E-state index >= 15 is 0 Å². The topological polar surface area (TPSA) is 63.9 Å². The molecule has 3 N–H and O–H groups in total. The minimum Gasteiger partial charge on any atom is -0.494 e. The van der Waals surface area contributed by atoms with E-state index in [9.17, 15) is 0 Å². The molecule has 2 aromatic rings. The molecule has 0 fully saturated rings. The lowest BCUT2D eigenvalue weighted by Crippen LogP contribution is -1.92. The minimum absolute atomic E-state index is 0.547. The summed E-state index contributed by atoms with van der Waals surface area (Å²) >= 11 is 0. The van der Waals surface area contributed by atoms with Crippen molar-refractivity contribution in [1.29, 1.82) is 0 Å². The number of nitrogens with zero attached hydrogens (tertiary/aromatic N) is 1. The maximum atomic E-state index is 5.87. The smallest absolute Gasteiger partial charge is 0.153 e. The molecule has 0 aliphatic carbocycles. The van der Waals surface area contributed by atoms with Crippen LogP contribution in [0.15, 0.2) is 24.3 Å². The molecule has 0 aliphatic heterocycles. The zero-order chi connectivity index (χ0) is 12.3. The fourth-order valence-corrected chi connectivity index (χ4v) is 1.86. The molecule has 0 saturated heterocycles. The summed E-state index contributed by atoms with van der Waals surface area (Å²) < 4.78 is 5.41. The van der Waals surface area contributed by atoms with Crippen molar-refractivity contribution in [1.82, 2.24) is 10.2 Å². The maximum absolute atomic E-state index is 5.87. The number of rotatable bonds is 4. The fourth-order valence-electron chi connectivity index (χ4n) is 1.86. The summed E-state index contributed by atoms with van der Waals surface area (Å²) in [7, 11) is 0. The zero-order valence-corrected chi connectivity index (χ0v) is 10.2. The Kier molecular flexibility index (Phi) is 3.32. The predicted molar refractivity (Wildman–Crippen MR) is 69.0 cm³/mol. The Morgan fingerprint density at radius 2 is 1.94 bits per heavy atom. The molecule has 0 aliphatic rings. The van der Waals surface area contributed by atoms with Crippen LogP contribution >= 0.6 is 0 Å². The molecule has 2 rings (SSSR count). The number of hydrogen-bond acceptors (Lipinski definition) is 3.